The molecule has 1 N–H and O–H groups in total. The van der Waals surface area contributed by atoms with Crippen LogP contribution in [0.15, 0.2) is 46.9 Å². The molecule has 0 bridgehead atoms. The van der Waals surface area contributed by atoms with Gasteiger partial charge in [0.25, 0.3) is 17.5 Å². The second kappa shape index (κ2) is 7.67. The van der Waals surface area contributed by atoms with Gasteiger partial charge in [0.15, 0.2) is 0 Å². The third-order valence-corrected chi connectivity index (χ3v) is 4.76. The van der Waals surface area contributed by atoms with Crippen LogP contribution in [-0.4, -0.2) is 34.1 Å². The molecule has 27 heavy (non-hydrogen) atoms. The molecule has 0 fully saturated rings. The van der Waals surface area contributed by atoms with Gasteiger partial charge in [0.1, 0.15) is 0 Å². The summed E-state index contributed by atoms with van der Waals surface area (Å²) in [6.07, 6.45) is 0.402. The van der Waals surface area contributed by atoms with E-state index in [0.29, 0.717) is 27.7 Å². The van der Waals surface area contributed by atoms with E-state index in [4.69, 9.17) is 0 Å². The quantitative estimate of drug-likeness (QED) is 0.428. The lowest BCUT2D eigenvalue weighted by atomic mass is 10.1. The van der Waals surface area contributed by atoms with E-state index in [0.717, 1.165) is 4.90 Å². The molecule has 1 aliphatic rings. The Morgan fingerprint density at radius 3 is 2.30 bits per heavy atom. The zero-order valence-corrected chi connectivity index (χ0v) is 15.6. The van der Waals surface area contributed by atoms with Crippen LogP contribution < -0.4 is 5.32 Å². The fourth-order valence-electron chi connectivity index (χ4n) is 2.77. The summed E-state index contributed by atoms with van der Waals surface area (Å²) in [6, 6.07) is 10.6. The summed E-state index contributed by atoms with van der Waals surface area (Å²) >= 11 is 3.18. The third kappa shape index (κ3) is 3.87. The number of carbonyl (C=O) groups is 3. The van der Waals surface area contributed by atoms with Gasteiger partial charge in [-0.2, -0.15) is 0 Å². The van der Waals surface area contributed by atoms with Crippen LogP contribution in [0.25, 0.3) is 0 Å². The highest BCUT2D eigenvalue weighted by molar-refractivity contribution is 9.10. The van der Waals surface area contributed by atoms with Gasteiger partial charge in [-0.3, -0.25) is 29.4 Å². The van der Waals surface area contributed by atoms with Gasteiger partial charge < -0.3 is 5.32 Å². The van der Waals surface area contributed by atoms with Crippen molar-refractivity contribution in [1.29, 1.82) is 0 Å². The Morgan fingerprint density at radius 1 is 1.11 bits per heavy atom. The molecule has 3 rings (SSSR count). The average molecular weight is 432 g/mol. The fourth-order valence-corrected chi connectivity index (χ4v) is 3.24. The lowest BCUT2D eigenvalue weighted by Crippen LogP contribution is -2.31. The first kappa shape index (κ1) is 18.7. The molecule has 0 unspecified atom stereocenters. The monoisotopic (exact) mass is 431 g/mol. The minimum atomic E-state index is -0.529. The highest BCUT2D eigenvalue weighted by Gasteiger charge is 2.34. The van der Waals surface area contributed by atoms with E-state index in [1.807, 2.05) is 0 Å². The van der Waals surface area contributed by atoms with Crippen molar-refractivity contribution < 1.29 is 19.3 Å². The van der Waals surface area contributed by atoms with Crippen LogP contribution in [0, 0.1) is 10.1 Å². The van der Waals surface area contributed by atoms with Crippen molar-refractivity contribution >= 4 is 45.0 Å². The Balaban J connectivity index is 1.54. The molecule has 0 atom stereocenters. The highest BCUT2D eigenvalue weighted by Crippen LogP contribution is 2.27. The molecular formula is C18H14BrN3O5. The molecule has 2 aromatic carbocycles. The Morgan fingerprint density at radius 2 is 1.74 bits per heavy atom. The SMILES string of the molecule is O=C(CCCN1C(=O)c2ccccc2C1=O)Nc1ccc([N+](=O)[O-])cc1Br. The van der Waals surface area contributed by atoms with Crippen molar-refractivity contribution in [3.8, 4) is 0 Å². The minimum absolute atomic E-state index is 0.0921. The number of imide groups is 1. The smallest absolute Gasteiger partial charge is 0.270 e. The summed E-state index contributed by atoms with van der Waals surface area (Å²) in [5.41, 5.74) is 1.07. The van der Waals surface area contributed by atoms with Crippen molar-refractivity contribution in [2.24, 2.45) is 0 Å². The first-order valence-electron chi connectivity index (χ1n) is 8.07. The van der Waals surface area contributed by atoms with Crippen LogP contribution in [0.1, 0.15) is 33.6 Å². The Labute approximate surface area is 162 Å². The highest BCUT2D eigenvalue weighted by atomic mass is 79.9. The van der Waals surface area contributed by atoms with Crippen LogP contribution in [0.4, 0.5) is 11.4 Å². The normalized spacial score (nSPS) is 12.9. The molecule has 138 valence electrons. The number of rotatable bonds is 6. The number of nitrogens with zero attached hydrogens (tertiary/aromatic N) is 2. The van der Waals surface area contributed by atoms with E-state index in [9.17, 15) is 24.5 Å². The molecule has 1 heterocycles. The molecule has 0 spiro atoms. The summed E-state index contributed by atoms with van der Waals surface area (Å²) < 4.78 is 0.394. The van der Waals surface area contributed by atoms with Crippen LogP contribution in [-0.2, 0) is 4.79 Å². The molecule has 0 aliphatic carbocycles. The van der Waals surface area contributed by atoms with E-state index in [2.05, 4.69) is 21.2 Å². The number of fused-ring (bicyclic) bond motifs is 1. The number of carbonyl (C=O) groups excluding carboxylic acids is 3. The van der Waals surface area contributed by atoms with Crippen molar-refractivity contribution in [2.45, 2.75) is 12.8 Å². The number of hydrogen-bond donors (Lipinski definition) is 1. The summed E-state index contributed by atoms with van der Waals surface area (Å²) in [5.74, 6) is -1.02. The number of amides is 3. The van der Waals surface area contributed by atoms with Crippen LogP contribution >= 0.6 is 15.9 Å². The lowest BCUT2D eigenvalue weighted by molar-refractivity contribution is -0.384. The topological polar surface area (TPSA) is 110 Å². The van der Waals surface area contributed by atoms with E-state index in [1.54, 1.807) is 24.3 Å². The molecule has 0 saturated heterocycles. The van der Waals surface area contributed by atoms with Crippen molar-refractivity contribution in [3.63, 3.8) is 0 Å². The number of nitro groups is 1. The van der Waals surface area contributed by atoms with Crippen LogP contribution in [0.3, 0.4) is 0 Å². The minimum Gasteiger partial charge on any atom is -0.325 e. The maximum atomic E-state index is 12.2. The summed E-state index contributed by atoms with van der Waals surface area (Å²) in [5, 5.41) is 13.4. The predicted molar refractivity (Wildman–Crippen MR) is 100 cm³/mol. The molecule has 1 aliphatic heterocycles. The molecule has 2 aromatic rings. The summed E-state index contributed by atoms with van der Waals surface area (Å²) in [4.78, 5) is 47.9. The van der Waals surface area contributed by atoms with Gasteiger partial charge in [-0.05, 0) is 40.5 Å². The number of nitro benzene ring substituents is 1. The average Bonchev–Trinajstić information content (AvgIpc) is 2.88. The van der Waals surface area contributed by atoms with Crippen LogP contribution in [0.2, 0.25) is 0 Å². The lowest BCUT2D eigenvalue weighted by Gasteiger charge is -2.13. The predicted octanol–water partition coefficient (Wildman–Crippen LogP) is 3.37. The first-order valence-corrected chi connectivity index (χ1v) is 8.87. The zero-order valence-electron chi connectivity index (χ0n) is 14.0. The molecule has 9 heteroatoms. The Kier molecular flexibility index (Phi) is 5.31. The third-order valence-electron chi connectivity index (χ3n) is 4.10. The number of non-ortho nitro benzene ring substituents is 1. The Bertz CT molecular complexity index is 925. The van der Waals surface area contributed by atoms with Crippen LogP contribution in [0.5, 0.6) is 0 Å². The first-order chi connectivity index (χ1) is 12.9. The van der Waals surface area contributed by atoms with Gasteiger partial charge in [0, 0.05) is 29.6 Å². The number of hydrogen-bond acceptors (Lipinski definition) is 5. The standard InChI is InChI=1S/C18H14BrN3O5/c19-14-10-11(22(26)27)7-8-15(14)20-16(23)6-3-9-21-17(24)12-4-1-2-5-13(12)18(21)25/h1-2,4-5,7-8,10H,3,6,9H2,(H,20,23). The maximum absolute atomic E-state index is 12.2. The zero-order chi connectivity index (χ0) is 19.6. The van der Waals surface area contributed by atoms with Gasteiger partial charge >= 0.3 is 0 Å². The van der Waals surface area contributed by atoms with Gasteiger partial charge in [0.2, 0.25) is 5.91 Å². The molecule has 8 nitrogen and oxygen atoms in total. The van der Waals surface area contributed by atoms with Gasteiger partial charge in [-0.1, -0.05) is 12.1 Å². The van der Waals surface area contributed by atoms with Crippen molar-refractivity contribution in [2.75, 3.05) is 11.9 Å². The number of benzene rings is 2. The fraction of sp³-hybridized carbons (Fsp3) is 0.167. The van der Waals surface area contributed by atoms with Crippen molar-refractivity contribution in [3.05, 3.63) is 68.2 Å². The molecule has 3 amide bonds. The largest absolute Gasteiger partial charge is 0.325 e. The number of halogens is 1. The van der Waals surface area contributed by atoms with Gasteiger partial charge in [-0.25, -0.2) is 0 Å². The second-order valence-electron chi connectivity index (χ2n) is 5.88. The van der Waals surface area contributed by atoms with E-state index in [1.165, 1.54) is 18.2 Å². The molecule has 0 saturated carbocycles. The number of nitrogens with one attached hydrogen (secondary N) is 1. The Hall–Kier alpha value is -3.07. The summed E-state index contributed by atoms with van der Waals surface area (Å²) in [7, 11) is 0. The summed E-state index contributed by atoms with van der Waals surface area (Å²) in [6.45, 7) is 0.140. The van der Waals surface area contributed by atoms with E-state index < -0.39 is 4.92 Å². The van der Waals surface area contributed by atoms with Gasteiger partial charge in [-0.15, -0.1) is 0 Å². The second-order valence-corrected chi connectivity index (χ2v) is 6.73. The molecule has 0 aromatic heterocycles. The molecular weight excluding hydrogens is 418 g/mol. The van der Waals surface area contributed by atoms with Crippen molar-refractivity contribution in [1.82, 2.24) is 4.90 Å². The maximum Gasteiger partial charge on any atom is 0.270 e. The molecule has 0 radical (unpaired) electrons. The van der Waals surface area contributed by atoms with Gasteiger partial charge in [0.05, 0.1) is 21.7 Å². The van der Waals surface area contributed by atoms with E-state index in [-0.39, 0.29) is 36.4 Å². The van der Waals surface area contributed by atoms with E-state index >= 15 is 0 Å². The number of anilines is 1.